The molecule has 1 aliphatic rings. The molecule has 2 atom stereocenters. The van der Waals surface area contributed by atoms with Crippen LogP contribution in [0.5, 0.6) is 0 Å². The maximum Gasteiger partial charge on any atom is 0.0215 e. The number of rotatable bonds is 0. The maximum atomic E-state index is 5.61. The molecule has 1 aliphatic carbocycles. The Balaban J connectivity index is 2.35. The first-order valence-electron chi connectivity index (χ1n) is 3.04. The van der Waals surface area contributed by atoms with Crippen molar-refractivity contribution in [2.75, 3.05) is 0 Å². The Morgan fingerprint density at radius 2 is 2.25 bits per heavy atom. The fourth-order valence-corrected chi connectivity index (χ4v) is 1.17. The van der Waals surface area contributed by atoms with Crippen molar-refractivity contribution in [2.45, 2.75) is 25.3 Å². The van der Waals surface area contributed by atoms with Crippen molar-refractivity contribution in [3.05, 3.63) is 0 Å². The van der Waals surface area contributed by atoms with Crippen LogP contribution in [-0.2, 0) is 0 Å². The second-order valence-corrected chi connectivity index (χ2v) is 2.44. The quantitative estimate of drug-likeness (QED) is 0.456. The van der Waals surface area contributed by atoms with Crippen LogP contribution < -0.4 is 5.73 Å². The number of nitrogens with two attached hydrogens (primary N) is 1. The minimum atomic E-state index is 0.385. The van der Waals surface area contributed by atoms with Gasteiger partial charge in [-0.25, -0.2) is 0 Å². The highest BCUT2D eigenvalue weighted by molar-refractivity contribution is 4.98. The maximum absolute atomic E-state index is 5.61. The summed E-state index contributed by atoms with van der Waals surface area (Å²) >= 11 is 0. The third kappa shape index (κ3) is 1.02. The Morgan fingerprint density at radius 3 is 2.50 bits per heavy atom. The minimum absolute atomic E-state index is 0.385. The summed E-state index contributed by atoms with van der Waals surface area (Å²) in [5.74, 6) is 3.19. The average molecular weight is 109 g/mol. The van der Waals surface area contributed by atoms with Crippen molar-refractivity contribution < 1.29 is 0 Å². The molecule has 8 heavy (non-hydrogen) atoms. The molecule has 0 aromatic heterocycles. The fraction of sp³-hybridized carbons (Fsp3) is 0.714. The van der Waals surface area contributed by atoms with E-state index in [1.807, 2.05) is 0 Å². The van der Waals surface area contributed by atoms with E-state index in [4.69, 9.17) is 12.2 Å². The molecule has 0 aliphatic heterocycles. The van der Waals surface area contributed by atoms with Crippen LogP contribution in [0.2, 0.25) is 0 Å². The standard InChI is InChI=1S/C7H11N/c1-2-6-3-4-7(8)5-6/h1,6-7H,3-5,8H2. The molecule has 1 nitrogen and oxygen atoms in total. The summed E-state index contributed by atoms with van der Waals surface area (Å²) in [6.07, 6.45) is 8.49. The smallest absolute Gasteiger partial charge is 0.0215 e. The monoisotopic (exact) mass is 109 g/mol. The lowest BCUT2D eigenvalue weighted by Crippen LogP contribution is -2.14. The number of hydrogen-bond donors (Lipinski definition) is 1. The summed E-state index contributed by atoms with van der Waals surface area (Å²) < 4.78 is 0. The highest BCUT2D eigenvalue weighted by Crippen LogP contribution is 2.22. The van der Waals surface area contributed by atoms with E-state index in [1.54, 1.807) is 0 Å². The molecular weight excluding hydrogens is 98.1 g/mol. The van der Waals surface area contributed by atoms with Gasteiger partial charge in [0.2, 0.25) is 0 Å². The van der Waals surface area contributed by atoms with E-state index in [9.17, 15) is 0 Å². The summed E-state index contributed by atoms with van der Waals surface area (Å²) in [6.45, 7) is 0. The molecule has 0 spiro atoms. The Labute approximate surface area is 50.3 Å². The molecule has 0 aromatic carbocycles. The Bertz CT molecular complexity index is 112. The molecule has 0 saturated heterocycles. The molecule has 44 valence electrons. The summed E-state index contributed by atoms with van der Waals surface area (Å²) in [4.78, 5) is 0. The molecule has 0 radical (unpaired) electrons. The highest BCUT2D eigenvalue weighted by atomic mass is 14.6. The van der Waals surface area contributed by atoms with Crippen molar-refractivity contribution in [2.24, 2.45) is 11.7 Å². The van der Waals surface area contributed by atoms with Gasteiger partial charge in [0.25, 0.3) is 0 Å². The third-order valence-electron chi connectivity index (χ3n) is 1.71. The van der Waals surface area contributed by atoms with E-state index >= 15 is 0 Å². The first kappa shape index (κ1) is 5.65. The summed E-state index contributed by atoms with van der Waals surface area (Å²) in [7, 11) is 0. The molecule has 1 heteroatoms. The van der Waals surface area contributed by atoms with E-state index < -0.39 is 0 Å². The zero-order valence-corrected chi connectivity index (χ0v) is 4.93. The SMILES string of the molecule is C#CC1CCC(N)C1. The second kappa shape index (κ2) is 2.19. The number of hydrogen-bond acceptors (Lipinski definition) is 1. The van der Waals surface area contributed by atoms with Crippen molar-refractivity contribution in [3.8, 4) is 12.3 Å². The predicted molar refractivity (Wildman–Crippen MR) is 34.1 cm³/mol. The molecule has 2 unspecified atom stereocenters. The van der Waals surface area contributed by atoms with Gasteiger partial charge in [-0.3, -0.25) is 0 Å². The first-order chi connectivity index (χ1) is 3.83. The number of terminal acetylenes is 1. The van der Waals surface area contributed by atoms with Gasteiger partial charge in [-0.2, -0.15) is 0 Å². The van der Waals surface area contributed by atoms with Gasteiger partial charge in [-0.1, -0.05) is 0 Å². The first-order valence-corrected chi connectivity index (χ1v) is 3.04. The minimum Gasteiger partial charge on any atom is -0.328 e. The van der Waals surface area contributed by atoms with E-state index in [1.165, 1.54) is 0 Å². The largest absolute Gasteiger partial charge is 0.328 e. The van der Waals surface area contributed by atoms with E-state index in [-0.39, 0.29) is 0 Å². The van der Waals surface area contributed by atoms with Crippen molar-refractivity contribution >= 4 is 0 Å². The van der Waals surface area contributed by atoms with Crippen LogP contribution in [-0.4, -0.2) is 6.04 Å². The highest BCUT2D eigenvalue weighted by Gasteiger charge is 2.18. The van der Waals surface area contributed by atoms with Gasteiger partial charge >= 0.3 is 0 Å². The molecule has 0 aromatic rings. The summed E-state index contributed by atoms with van der Waals surface area (Å²) in [5, 5.41) is 0. The molecule has 2 N–H and O–H groups in total. The zero-order chi connectivity index (χ0) is 5.98. The fourth-order valence-electron chi connectivity index (χ4n) is 1.17. The van der Waals surface area contributed by atoms with Crippen LogP contribution >= 0.6 is 0 Å². The molecular formula is C7H11N. The Morgan fingerprint density at radius 1 is 1.50 bits per heavy atom. The Hall–Kier alpha value is -0.480. The summed E-state index contributed by atoms with van der Waals surface area (Å²) in [6, 6.07) is 0.385. The lowest BCUT2D eigenvalue weighted by molar-refractivity contribution is 0.668. The topological polar surface area (TPSA) is 26.0 Å². The van der Waals surface area contributed by atoms with Gasteiger partial charge in [0.05, 0.1) is 0 Å². The van der Waals surface area contributed by atoms with Crippen LogP contribution in [0.4, 0.5) is 0 Å². The van der Waals surface area contributed by atoms with Gasteiger partial charge in [0, 0.05) is 12.0 Å². The molecule has 0 heterocycles. The lowest BCUT2D eigenvalue weighted by Gasteiger charge is -1.96. The molecule has 0 bridgehead atoms. The van der Waals surface area contributed by atoms with Crippen molar-refractivity contribution in [1.29, 1.82) is 0 Å². The summed E-state index contributed by atoms with van der Waals surface area (Å²) in [5.41, 5.74) is 5.61. The zero-order valence-electron chi connectivity index (χ0n) is 4.93. The van der Waals surface area contributed by atoms with Gasteiger partial charge in [0.15, 0.2) is 0 Å². The van der Waals surface area contributed by atoms with Crippen LogP contribution in [0.3, 0.4) is 0 Å². The Kier molecular flexibility index (Phi) is 1.55. The van der Waals surface area contributed by atoms with Crippen LogP contribution in [0.25, 0.3) is 0 Å². The molecule has 1 rings (SSSR count). The second-order valence-electron chi connectivity index (χ2n) is 2.44. The molecule has 1 saturated carbocycles. The van der Waals surface area contributed by atoms with Gasteiger partial charge in [-0.15, -0.1) is 12.3 Å². The van der Waals surface area contributed by atoms with Gasteiger partial charge in [-0.05, 0) is 19.3 Å². The third-order valence-corrected chi connectivity index (χ3v) is 1.71. The van der Waals surface area contributed by atoms with Crippen molar-refractivity contribution in [3.63, 3.8) is 0 Å². The predicted octanol–water partition coefficient (Wildman–Crippen LogP) is 0.747. The van der Waals surface area contributed by atoms with E-state index in [2.05, 4.69) is 5.92 Å². The van der Waals surface area contributed by atoms with E-state index in [0.717, 1.165) is 19.3 Å². The van der Waals surface area contributed by atoms with Crippen LogP contribution in [0.1, 0.15) is 19.3 Å². The average Bonchev–Trinajstić information content (AvgIpc) is 2.14. The molecule has 1 fully saturated rings. The van der Waals surface area contributed by atoms with Crippen molar-refractivity contribution in [1.82, 2.24) is 0 Å². The van der Waals surface area contributed by atoms with Gasteiger partial charge < -0.3 is 5.73 Å². The lowest BCUT2D eigenvalue weighted by atomic mass is 10.1. The van der Waals surface area contributed by atoms with Crippen LogP contribution in [0.15, 0.2) is 0 Å². The van der Waals surface area contributed by atoms with E-state index in [0.29, 0.717) is 12.0 Å². The van der Waals surface area contributed by atoms with Gasteiger partial charge in [0.1, 0.15) is 0 Å². The normalized spacial score (nSPS) is 37.0. The van der Waals surface area contributed by atoms with Crippen LogP contribution in [0, 0.1) is 18.3 Å². The molecule has 0 amide bonds.